The molecule has 0 bridgehead atoms. The van der Waals surface area contributed by atoms with E-state index in [1.54, 1.807) is 4.68 Å². The van der Waals surface area contributed by atoms with Crippen molar-refractivity contribution in [3.63, 3.8) is 0 Å². The number of aromatic nitrogens is 2. The van der Waals surface area contributed by atoms with Crippen molar-refractivity contribution in [1.82, 2.24) is 9.78 Å². The van der Waals surface area contributed by atoms with E-state index in [9.17, 15) is 8.78 Å². The van der Waals surface area contributed by atoms with Crippen LogP contribution in [0.4, 0.5) is 8.78 Å². The minimum Gasteiger partial charge on any atom is -0.431 e. The molecule has 16 heavy (non-hydrogen) atoms. The van der Waals surface area contributed by atoms with Gasteiger partial charge in [-0.05, 0) is 13.8 Å². The first-order chi connectivity index (χ1) is 7.23. The second-order valence-corrected chi connectivity index (χ2v) is 5.02. The van der Waals surface area contributed by atoms with Crippen molar-refractivity contribution in [2.45, 2.75) is 52.7 Å². The number of nitrogens with zero attached hydrogens (tertiary/aromatic N) is 2. The molecule has 92 valence electrons. The van der Waals surface area contributed by atoms with Crippen LogP contribution in [0.3, 0.4) is 0 Å². The fourth-order valence-corrected chi connectivity index (χ4v) is 1.63. The molecule has 0 aliphatic heterocycles. The molecule has 0 unspecified atom stereocenters. The standard InChI is InChI=1S/C11H18F2N2O/c1-7(2)15-9(11(3,4)5)8(6-14-15)16-10(12)13/h6-7,10H,1-5H3. The van der Waals surface area contributed by atoms with E-state index in [0.29, 0.717) is 5.69 Å². The van der Waals surface area contributed by atoms with Gasteiger partial charge in [0.05, 0.1) is 11.9 Å². The summed E-state index contributed by atoms with van der Waals surface area (Å²) in [5.41, 5.74) is 0.410. The first kappa shape index (κ1) is 12.9. The summed E-state index contributed by atoms with van der Waals surface area (Å²) in [6.45, 7) is 6.93. The van der Waals surface area contributed by atoms with Crippen molar-refractivity contribution in [3.05, 3.63) is 11.9 Å². The highest BCUT2D eigenvalue weighted by Gasteiger charge is 2.27. The molecule has 1 heterocycles. The molecule has 0 saturated carbocycles. The fourth-order valence-electron chi connectivity index (χ4n) is 1.63. The van der Waals surface area contributed by atoms with E-state index in [0.717, 1.165) is 0 Å². The third-order valence-corrected chi connectivity index (χ3v) is 2.18. The molecule has 3 nitrogen and oxygen atoms in total. The van der Waals surface area contributed by atoms with Crippen LogP contribution < -0.4 is 4.74 Å². The Labute approximate surface area is 94.4 Å². The molecule has 1 aromatic rings. The Kier molecular flexibility index (Phi) is 3.55. The Balaban J connectivity index is 3.20. The highest BCUT2D eigenvalue weighted by molar-refractivity contribution is 5.31. The lowest BCUT2D eigenvalue weighted by Gasteiger charge is -2.23. The summed E-state index contributed by atoms with van der Waals surface area (Å²) in [5, 5.41) is 4.09. The summed E-state index contributed by atoms with van der Waals surface area (Å²) in [7, 11) is 0. The van der Waals surface area contributed by atoms with E-state index in [4.69, 9.17) is 0 Å². The van der Waals surface area contributed by atoms with Crippen molar-refractivity contribution in [1.29, 1.82) is 0 Å². The zero-order valence-electron chi connectivity index (χ0n) is 10.3. The smallest absolute Gasteiger partial charge is 0.387 e. The van der Waals surface area contributed by atoms with E-state index in [2.05, 4.69) is 9.84 Å². The average molecular weight is 232 g/mol. The van der Waals surface area contributed by atoms with E-state index < -0.39 is 6.61 Å². The van der Waals surface area contributed by atoms with Crippen LogP contribution in [0.5, 0.6) is 5.75 Å². The van der Waals surface area contributed by atoms with E-state index in [1.807, 2.05) is 34.6 Å². The lowest BCUT2D eigenvalue weighted by Crippen LogP contribution is -2.21. The molecule has 0 saturated heterocycles. The number of halogens is 2. The van der Waals surface area contributed by atoms with Gasteiger partial charge in [0.25, 0.3) is 0 Å². The molecule has 0 amide bonds. The van der Waals surface area contributed by atoms with Gasteiger partial charge >= 0.3 is 6.61 Å². The molecule has 0 aliphatic rings. The van der Waals surface area contributed by atoms with Crippen LogP contribution >= 0.6 is 0 Å². The monoisotopic (exact) mass is 232 g/mol. The summed E-state index contributed by atoms with van der Waals surface area (Å²) in [5.74, 6) is 0.163. The molecule has 0 radical (unpaired) electrons. The van der Waals surface area contributed by atoms with Gasteiger partial charge in [0, 0.05) is 11.5 Å². The topological polar surface area (TPSA) is 27.1 Å². The fraction of sp³-hybridized carbons (Fsp3) is 0.727. The van der Waals surface area contributed by atoms with Gasteiger partial charge in [0.15, 0.2) is 5.75 Å². The first-order valence-corrected chi connectivity index (χ1v) is 5.26. The quantitative estimate of drug-likeness (QED) is 0.799. The molecule has 0 N–H and O–H groups in total. The molecular weight excluding hydrogens is 214 g/mol. The van der Waals surface area contributed by atoms with Crippen LogP contribution in [-0.4, -0.2) is 16.4 Å². The van der Waals surface area contributed by atoms with Gasteiger partial charge < -0.3 is 4.74 Å². The summed E-state index contributed by atoms with van der Waals surface area (Å²) in [6.07, 6.45) is 1.35. The highest BCUT2D eigenvalue weighted by atomic mass is 19.3. The van der Waals surface area contributed by atoms with Gasteiger partial charge in [-0.2, -0.15) is 13.9 Å². The zero-order valence-corrected chi connectivity index (χ0v) is 10.3. The minimum atomic E-state index is -2.81. The second kappa shape index (κ2) is 4.39. The second-order valence-electron chi connectivity index (χ2n) is 5.02. The Morgan fingerprint density at radius 1 is 1.31 bits per heavy atom. The van der Waals surface area contributed by atoms with Gasteiger partial charge in [0.1, 0.15) is 0 Å². The zero-order chi connectivity index (χ0) is 12.5. The third kappa shape index (κ3) is 2.71. The van der Waals surface area contributed by atoms with Crippen LogP contribution in [0.1, 0.15) is 46.4 Å². The minimum absolute atomic E-state index is 0.115. The molecule has 0 aliphatic carbocycles. The predicted molar refractivity (Wildman–Crippen MR) is 57.9 cm³/mol. The summed E-state index contributed by atoms with van der Waals surface area (Å²) < 4.78 is 30.7. The molecule has 0 atom stereocenters. The van der Waals surface area contributed by atoms with Gasteiger partial charge in [0.2, 0.25) is 0 Å². The highest BCUT2D eigenvalue weighted by Crippen LogP contribution is 2.33. The van der Waals surface area contributed by atoms with Crippen LogP contribution in [0.15, 0.2) is 6.20 Å². The van der Waals surface area contributed by atoms with Crippen molar-refractivity contribution in [3.8, 4) is 5.75 Å². The van der Waals surface area contributed by atoms with Crippen molar-refractivity contribution < 1.29 is 13.5 Å². The van der Waals surface area contributed by atoms with E-state index in [-0.39, 0.29) is 17.2 Å². The molecular formula is C11H18F2N2O. The lowest BCUT2D eigenvalue weighted by atomic mass is 9.91. The molecule has 1 aromatic heterocycles. The van der Waals surface area contributed by atoms with Crippen LogP contribution in [-0.2, 0) is 5.41 Å². The average Bonchev–Trinajstić information content (AvgIpc) is 2.45. The largest absolute Gasteiger partial charge is 0.431 e. The number of alkyl halides is 2. The van der Waals surface area contributed by atoms with Gasteiger partial charge in [-0.1, -0.05) is 20.8 Å². The van der Waals surface area contributed by atoms with Gasteiger partial charge in [-0.3, -0.25) is 4.68 Å². The van der Waals surface area contributed by atoms with E-state index >= 15 is 0 Å². The number of rotatable bonds is 3. The lowest BCUT2D eigenvalue weighted by molar-refractivity contribution is -0.0510. The van der Waals surface area contributed by atoms with Crippen molar-refractivity contribution >= 4 is 0 Å². The Hall–Kier alpha value is -1.13. The number of hydrogen-bond donors (Lipinski definition) is 0. The molecule has 1 rings (SSSR count). The maximum atomic E-state index is 12.2. The predicted octanol–water partition coefficient (Wildman–Crippen LogP) is 3.36. The number of hydrogen-bond acceptors (Lipinski definition) is 2. The number of ether oxygens (including phenoxy) is 1. The van der Waals surface area contributed by atoms with Crippen LogP contribution in [0.25, 0.3) is 0 Å². The van der Waals surface area contributed by atoms with Gasteiger partial charge in [-0.15, -0.1) is 0 Å². The SMILES string of the molecule is CC(C)n1ncc(OC(F)F)c1C(C)(C)C. The Morgan fingerprint density at radius 2 is 1.88 bits per heavy atom. The van der Waals surface area contributed by atoms with Crippen LogP contribution in [0, 0.1) is 0 Å². The molecule has 5 heteroatoms. The molecule has 0 spiro atoms. The summed E-state index contributed by atoms with van der Waals surface area (Å²) >= 11 is 0. The van der Waals surface area contributed by atoms with Gasteiger partial charge in [-0.25, -0.2) is 0 Å². The Morgan fingerprint density at radius 3 is 2.25 bits per heavy atom. The molecule has 0 fully saturated rings. The summed E-state index contributed by atoms with van der Waals surface area (Å²) in [4.78, 5) is 0. The normalized spacial score (nSPS) is 12.6. The Bertz CT molecular complexity index is 353. The van der Waals surface area contributed by atoms with Crippen LogP contribution in [0.2, 0.25) is 0 Å². The first-order valence-electron chi connectivity index (χ1n) is 5.26. The van der Waals surface area contributed by atoms with E-state index in [1.165, 1.54) is 6.20 Å². The molecule has 0 aromatic carbocycles. The van der Waals surface area contributed by atoms with Crippen molar-refractivity contribution in [2.24, 2.45) is 0 Å². The third-order valence-electron chi connectivity index (χ3n) is 2.18. The van der Waals surface area contributed by atoms with Crippen molar-refractivity contribution in [2.75, 3.05) is 0 Å². The maximum absolute atomic E-state index is 12.2. The maximum Gasteiger partial charge on any atom is 0.387 e. The summed E-state index contributed by atoms with van der Waals surface area (Å²) in [6, 6.07) is 0.115.